The van der Waals surface area contributed by atoms with Gasteiger partial charge in [-0.05, 0) is 43.7 Å². The largest absolute Gasteiger partial charge is 0.487 e. The molecule has 1 saturated carbocycles. The number of halogens is 2. The summed E-state index contributed by atoms with van der Waals surface area (Å²) in [6.45, 7) is 13.4. The third kappa shape index (κ3) is 7.77. The normalized spacial score (nSPS) is 22.4. The van der Waals surface area contributed by atoms with Gasteiger partial charge in [0, 0.05) is 86.4 Å². The van der Waals surface area contributed by atoms with Crippen LogP contribution >= 0.6 is 24.0 Å². The number of likely N-dealkylation sites (tertiary alicyclic amines) is 1. The van der Waals surface area contributed by atoms with E-state index in [4.69, 9.17) is 26.7 Å². The Bertz CT molecular complexity index is 2210. The van der Waals surface area contributed by atoms with Crippen LogP contribution in [0.15, 0.2) is 49.1 Å². The van der Waals surface area contributed by atoms with Gasteiger partial charge in [0.1, 0.15) is 17.9 Å². The summed E-state index contributed by atoms with van der Waals surface area (Å²) in [5.74, 6) is 1.24. The van der Waals surface area contributed by atoms with Crippen LogP contribution in [0, 0.1) is 28.1 Å². The van der Waals surface area contributed by atoms with Gasteiger partial charge >= 0.3 is 6.03 Å². The molecule has 306 valence electrons. The highest BCUT2D eigenvalue weighted by Crippen LogP contribution is 2.55. The Morgan fingerprint density at radius 2 is 1.69 bits per heavy atom. The molecule has 3 aliphatic heterocycles. The van der Waals surface area contributed by atoms with Gasteiger partial charge in [0.15, 0.2) is 5.69 Å². The van der Waals surface area contributed by atoms with Gasteiger partial charge in [-0.2, -0.15) is 10.4 Å². The van der Waals surface area contributed by atoms with Crippen molar-refractivity contribution in [3.05, 3.63) is 65.3 Å². The van der Waals surface area contributed by atoms with E-state index >= 15 is 0 Å². The average molecular weight is 831 g/mol. The summed E-state index contributed by atoms with van der Waals surface area (Å²) >= 11 is 6.18. The number of nitrogens with zero attached hydrogens (tertiary/aromatic N) is 9. The molecule has 4 aliphatic rings. The lowest BCUT2D eigenvalue weighted by atomic mass is 9.49. The Balaban J connectivity index is 0.00000512. The molecule has 0 unspecified atom stereocenters. The number of hydrogen-bond donors (Lipinski definition) is 2. The maximum atomic E-state index is 13.4. The minimum atomic E-state index is -0.404. The zero-order valence-electron chi connectivity index (χ0n) is 33.2. The highest BCUT2D eigenvalue weighted by Gasteiger charge is 2.64. The Morgan fingerprint density at radius 3 is 2.34 bits per heavy atom. The highest BCUT2D eigenvalue weighted by atomic mass is 35.5. The van der Waals surface area contributed by atoms with Crippen molar-refractivity contribution in [3.63, 3.8) is 0 Å². The topological polar surface area (TPSA) is 174 Å². The zero-order chi connectivity index (χ0) is 40.1. The highest BCUT2D eigenvalue weighted by molar-refractivity contribution is 6.31. The molecule has 0 radical (unpaired) electrons. The van der Waals surface area contributed by atoms with E-state index in [1.807, 2.05) is 24.4 Å². The van der Waals surface area contributed by atoms with E-state index in [1.165, 1.54) is 6.20 Å². The molecule has 1 aromatic carbocycles. The average Bonchev–Trinajstić information content (AvgIpc) is 3.64. The fourth-order valence-electron chi connectivity index (χ4n) is 9.72. The number of pyridine rings is 1. The predicted molar refractivity (Wildman–Crippen MR) is 221 cm³/mol. The fraction of sp³-hybridized carbons (Fsp3) is 0.512. The summed E-state index contributed by atoms with van der Waals surface area (Å²) in [4.78, 5) is 57.4. The minimum Gasteiger partial charge on any atom is -0.487 e. The van der Waals surface area contributed by atoms with Gasteiger partial charge in [0.2, 0.25) is 11.9 Å². The number of piperidine rings is 2. The molecule has 6 heterocycles. The van der Waals surface area contributed by atoms with Crippen molar-refractivity contribution < 1.29 is 19.1 Å². The van der Waals surface area contributed by atoms with Crippen LogP contribution in [0.25, 0.3) is 10.9 Å². The first kappa shape index (κ1) is 41.1. The SMILES string of the molecule is CC1(C)[C@H](NC(=O)c2cnc(N3CCC(CN4CCC(n5ncc6c(N7CCC(=O)NC7=O)cccc65)CC4)CC3)nc2)C(C)(C)[C@H]1Oc1cnc(C#N)c(Cl)c1.Cl. The van der Waals surface area contributed by atoms with Gasteiger partial charge in [-0.15, -0.1) is 12.4 Å². The summed E-state index contributed by atoms with van der Waals surface area (Å²) in [5.41, 5.74) is 1.54. The lowest BCUT2D eigenvalue weighted by Crippen LogP contribution is -2.74. The fourth-order valence-corrected chi connectivity index (χ4v) is 9.92. The predicted octanol–water partition coefficient (Wildman–Crippen LogP) is 5.78. The number of benzene rings is 1. The van der Waals surface area contributed by atoms with Gasteiger partial charge < -0.3 is 19.9 Å². The number of hydrogen-bond acceptors (Lipinski definition) is 11. The summed E-state index contributed by atoms with van der Waals surface area (Å²) in [7, 11) is 0. The first-order valence-electron chi connectivity index (χ1n) is 19.7. The summed E-state index contributed by atoms with van der Waals surface area (Å²) in [6.07, 6.45) is 10.7. The van der Waals surface area contributed by atoms with Crippen molar-refractivity contribution in [2.24, 2.45) is 16.7 Å². The van der Waals surface area contributed by atoms with Crippen LogP contribution in [0.4, 0.5) is 16.4 Å². The second-order valence-corrected chi connectivity index (χ2v) is 17.4. The van der Waals surface area contributed by atoms with Crippen LogP contribution in [-0.2, 0) is 4.79 Å². The zero-order valence-corrected chi connectivity index (χ0v) is 34.7. The number of imide groups is 1. The molecule has 4 aromatic rings. The molecule has 1 aliphatic carbocycles. The standard InChI is InChI=1S/C41H48ClN11O4.ClH/c1-40(2)36(41(3,4)37(40)57-28-18-30(42)31(19-43)44-22-28)49-35(55)26-20-45-38(46-21-26)51-15-8-25(9-16-51)24-50-13-10-27(11-14-50)53-33-7-5-6-32(29(33)23-47-53)52-17-12-34(54)48-39(52)56;/h5-7,18,20-23,25,27,36-37H,8-17,24H2,1-4H3,(H,49,55)(H,48,54,56);1H/t36-,37-;. The molecule has 4 fully saturated rings. The summed E-state index contributed by atoms with van der Waals surface area (Å²) < 4.78 is 8.42. The number of nitriles is 1. The number of amides is 4. The Hall–Kier alpha value is -5.04. The maximum Gasteiger partial charge on any atom is 0.328 e. The molecule has 15 nitrogen and oxygen atoms in total. The van der Waals surface area contributed by atoms with Gasteiger partial charge in [-0.25, -0.2) is 19.7 Å². The maximum absolute atomic E-state index is 13.4. The third-order valence-electron chi connectivity index (χ3n) is 12.5. The molecular formula is C41H49Cl2N11O4. The summed E-state index contributed by atoms with van der Waals surface area (Å²) in [5, 5.41) is 20.7. The first-order chi connectivity index (χ1) is 27.3. The van der Waals surface area contributed by atoms with E-state index < -0.39 is 10.8 Å². The van der Waals surface area contributed by atoms with Crippen molar-refractivity contribution in [2.75, 3.05) is 49.1 Å². The molecule has 0 bridgehead atoms. The molecule has 2 N–H and O–H groups in total. The van der Waals surface area contributed by atoms with Crippen molar-refractivity contribution in [3.8, 4) is 11.8 Å². The van der Waals surface area contributed by atoms with Crippen LogP contribution in [0.5, 0.6) is 5.75 Å². The van der Waals surface area contributed by atoms with Crippen LogP contribution < -0.4 is 25.2 Å². The molecule has 3 saturated heterocycles. The quantitative estimate of drug-likeness (QED) is 0.209. The molecule has 4 amide bonds. The van der Waals surface area contributed by atoms with Crippen molar-refractivity contribution in [1.29, 1.82) is 5.26 Å². The number of ether oxygens (including phenoxy) is 1. The Labute approximate surface area is 348 Å². The molecule has 8 rings (SSSR count). The van der Waals surface area contributed by atoms with Crippen molar-refractivity contribution in [2.45, 2.75) is 78.0 Å². The molecule has 0 atom stereocenters. The Kier molecular flexibility index (Phi) is 11.6. The van der Waals surface area contributed by atoms with E-state index in [2.05, 4.69) is 73.8 Å². The number of urea groups is 1. The van der Waals surface area contributed by atoms with Crippen LogP contribution in [-0.4, -0.2) is 98.9 Å². The number of carbonyl (C=O) groups is 3. The smallest absolute Gasteiger partial charge is 0.328 e. The second-order valence-electron chi connectivity index (χ2n) is 16.9. The Morgan fingerprint density at radius 1 is 0.983 bits per heavy atom. The van der Waals surface area contributed by atoms with E-state index in [0.717, 1.165) is 75.0 Å². The number of rotatable bonds is 9. The van der Waals surface area contributed by atoms with E-state index in [1.54, 1.807) is 23.4 Å². The number of carbonyl (C=O) groups excluding carboxylic acids is 3. The lowest BCUT2D eigenvalue weighted by Gasteiger charge is -2.63. The van der Waals surface area contributed by atoms with Gasteiger partial charge in [0.25, 0.3) is 5.91 Å². The second kappa shape index (κ2) is 16.3. The molecular weight excluding hydrogens is 781 g/mol. The first-order valence-corrected chi connectivity index (χ1v) is 20.1. The third-order valence-corrected chi connectivity index (χ3v) is 12.8. The van der Waals surface area contributed by atoms with Crippen LogP contribution in [0.2, 0.25) is 5.02 Å². The summed E-state index contributed by atoms with van der Waals surface area (Å²) in [6, 6.07) is 9.21. The van der Waals surface area contributed by atoms with Crippen molar-refractivity contribution >= 4 is 64.4 Å². The number of aromatic nitrogens is 5. The molecule has 3 aromatic heterocycles. The van der Waals surface area contributed by atoms with Gasteiger partial charge in [-0.3, -0.25) is 24.5 Å². The lowest BCUT2D eigenvalue weighted by molar-refractivity contribution is -0.164. The minimum absolute atomic E-state index is 0. The van der Waals surface area contributed by atoms with E-state index in [0.29, 0.717) is 29.7 Å². The molecule has 17 heteroatoms. The van der Waals surface area contributed by atoms with E-state index in [9.17, 15) is 14.4 Å². The van der Waals surface area contributed by atoms with Gasteiger partial charge in [0.05, 0.1) is 40.2 Å². The number of nitrogens with one attached hydrogen (secondary N) is 2. The monoisotopic (exact) mass is 829 g/mol. The molecule has 0 spiro atoms. The van der Waals surface area contributed by atoms with E-state index in [-0.39, 0.29) is 65.6 Å². The molecule has 58 heavy (non-hydrogen) atoms. The van der Waals surface area contributed by atoms with Crippen LogP contribution in [0.3, 0.4) is 0 Å². The van der Waals surface area contributed by atoms with Crippen molar-refractivity contribution in [1.82, 2.24) is 40.3 Å². The number of anilines is 2. The number of fused-ring (bicyclic) bond motifs is 1. The van der Waals surface area contributed by atoms with Crippen LogP contribution in [0.1, 0.15) is 81.9 Å². The van der Waals surface area contributed by atoms with Gasteiger partial charge in [-0.1, -0.05) is 45.4 Å².